The van der Waals surface area contributed by atoms with E-state index in [0.717, 1.165) is 12.1 Å². The number of nitrogens with one attached hydrogen (secondary N) is 2. The van der Waals surface area contributed by atoms with Gasteiger partial charge in [0.15, 0.2) is 6.61 Å². The molecule has 0 bridgehead atoms. The van der Waals surface area contributed by atoms with Crippen LogP contribution in [0.2, 0.25) is 5.02 Å². The van der Waals surface area contributed by atoms with E-state index in [1.165, 1.54) is 0 Å². The highest BCUT2D eigenvalue weighted by Gasteiger charge is 2.10. The van der Waals surface area contributed by atoms with Gasteiger partial charge in [-0.05, 0) is 18.5 Å². The number of para-hydroxylation sites is 1. The van der Waals surface area contributed by atoms with Crippen LogP contribution in [0.25, 0.3) is 0 Å². The predicted molar refractivity (Wildman–Crippen MR) is 85.3 cm³/mol. The van der Waals surface area contributed by atoms with Gasteiger partial charge in [-0.1, -0.05) is 43.5 Å². The zero-order valence-electron chi connectivity index (χ0n) is 12.4. The second-order valence-electron chi connectivity index (χ2n) is 5.02. The number of rotatable bonds is 8. The molecule has 0 unspecified atom stereocenters. The Bertz CT molecular complexity index is 509. The Morgan fingerprint density at radius 3 is 2.90 bits per heavy atom. The molecule has 5 heteroatoms. The SMILES string of the molecule is C#CCNC(=O)COc1c(Cl)cccc1CNCC(C)C. The summed E-state index contributed by atoms with van der Waals surface area (Å²) in [4.78, 5) is 11.5. The lowest BCUT2D eigenvalue weighted by molar-refractivity contribution is -0.122. The molecular weight excluding hydrogens is 288 g/mol. The Kier molecular flexibility index (Phi) is 7.66. The van der Waals surface area contributed by atoms with Crippen LogP contribution in [0.1, 0.15) is 19.4 Å². The molecule has 1 aromatic rings. The van der Waals surface area contributed by atoms with Crippen LogP contribution >= 0.6 is 11.6 Å². The van der Waals surface area contributed by atoms with E-state index in [4.69, 9.17) is 22.8 Å². The summed E-state index contributed by atoms with van der Waals surface area (Å²) in [6.45, 7) is 5.89. The van der Waals surface area contributed by atoms with E-state index in [1.54, 1.807) is 6.07 Å². The van der Waals surface area contributed by atoms with Crippen molar-refractivity contribution in [2.24, 2.45) is 5.92 Å². The smallest absolute Gasteiger partial charge is 0.258 e. The fourth-order valence-electron chi connectivity index (χ4n) is 1.69. The maximum atomic E-state index is 11.5. The molecule has 0 saturated carbocycles. The first-order valence-electron chi connectivity index (χ1n) is 6.85. The van der Waals surface area contributed by atoms with Gasteiger partial charge in [0.2, 0.25) is 0 Å². The highest BCUT2D eigenvalue weighted by Crippen LogP contribution is 2.28. The summed E-state index contributed by atoms with van der Waals surface area (Å²) in [7, 11) is 0. The minimum absolute atomic E-state index is 0.109. The number of terminal acetylenes is 1. The van der Waals surface area contributed by atoms with E-state index in [-0.39, 0.29) is 19.1 Å². The highest BCUT2D eigenvalue weighted by molar-refractivity contribution is 6.32. The third-order valence-corrected chi connectivity index (χ3v) is 2.95. The number of ether oxygens (including phenoxy) is 1. The minimum Gasteiger partial charge on any atom is -0.482 e. The topological polar surface area (TPSA) is 50.4 Å². The predicted octanol–water partition coefficient (Wildman–Crippen LogP) is 2.21. The van der Waals surface area contributed by atoms with Gasteiger partial charge in [-0.2, -0.15) is 0 Å². The number of carbonyl (C=O) groups is 1. The maximum absolute atomic E-state index is 11.5. The molecule has 1 aromatic carbocycles. The number of hydrogen-bond donors (Lipinski definition) is 2. The Morgan fingerprint density at radius 1 is 1.48 bits per heavy atom. The molecule has 0 aliphatic carbocycles. The monoisotopic (exact) mass is 308 g/mol. The van der Waals surface area contributed by atoms with E-state index in [1.807, 2.05) is 12.1 Å². The zero-order chi connectivity index (χ0) is 15.7. The quantitative estimate of drug-likeness (QED) is 0.724. The van der Waals surface area contributed by atoms with E-state index >= 15 is 0 Å². The summed E-state index contributed by atoms with van der Waals surface area (Å²) in [5.41, 5.74) is 0.924. The summed E-state index contributed by atoms with van der Waals surface area (Å²) in [6.07, 6.45) is 5.08. The molecule has 0 atom stereocenters. The van der Waals surface area contributed by atoms with Crippen LogP contribution < -0.4 is 15.4 Å². The van der Waals surface area contributed by atoms with Crippen molar-refractivity contribution in [2.45, 2.75) is 20.4 Å². The van der Waals surface area contributed by atoms with Crippen molar-refractivity contribution < 1.29 is 9.53 Å². The summed E-state index contributed by atoms with van der Waals surface area (Å²) in [5, 5.41) is 6.36. The van der Waals surface area contributed by atoms with E-state index in [9.17, 15) is 4.79 Å². The van der Waals surface area contributed by atoms with Crippen LogP contribution in [0.5, 0.6) is 5.75 Å². The van der Waals surface area contributed by atoms with Crippen molar-refractivity contribution in [3.05, 3.63) is 28.8 Å². The van der Waals surface area contributed by atoms with Gasteiger partial charge in [0.1, 0.15) is 5.75 Å². The number of benzene rings is 1. The van der Waals surface area contributed by atoms with Crippen molar-refractivity contribution in [1.29, 1.82) is 0 Å². The summed E-state index contributed by atoms with van der Waals surface area (Å²) < 4.78 is 5.53. The molecule has 1 rings (SSSR count). The third-order valence-electron chi connectivity index (χ3n) is 2.65. The summed E-state index contributed by atoms with van der Waals surface area (Å²) in [5.74, 6) is 3.16. The lowest BCUT2D eigenvalue weighted by Gasteiger charge is -2.14. The van der Waals surface area contributed by atoms with Crippen LogP contribution in [0.3, 0.4) is 0 Å². The Balaban J connectivity index is 2.63. The van der Waals surface area contributed by atoms with Crippen LogP contribution in [0.15, 0.2) is 18.2 Å². The third kappa shape index (κ3) is 6.52. The van der Waals surface area contributed by atoms with Gasteiger partial charge in [-0.15, -0.1) is 6.42 Å². The Hall–Kier alpha value is -1.70. The molecule has 0 aromatic heterocycles. The molecule has 0 spiro atoms. The average Bonchev–Trinajstić information content (AvgIpc) is 2.44. The van der Waals surface area contributed by atoms with Gasteiger partial charge in [-0.3, -0.25) is 4.79 Å². The fourth-order valence-corrected chi connectivity index (χ4v) is 1.94. The second kappa shape index (κ2) is 9.28. The fraction of sp³-hybridized carbons (Fsp3) is 0.438. The molecule has 0 aliphatic heterocycles. The lowest BCUT2D eigenvalue weighted by Crippen LogP contribution is -2.29. The maximum Gasteiger partial charge on any atom is 0.258 e. The van der Waals surface area contributed by atoms with E-state index in [2.05, 4.69) is 30.4 Å². The van der Waals surface area contributed by atoms with Crippen molar-refractivity contribution in [3.63, 3.8) is 0 Å². The molecule has 21 heavy (non-hydrogen) atoms. The highest BCUT2D eigenvalue weighted by atomic mass is 35.5. The second-order valence-corrected chi connectivity index (χ2v) is 5.43. The van der Waals surface area contributed by atoms with Crippen LogP contribution in [0.4, 0.5) is 0 Å². The number of carbonyl (C=O) groups excluding carboxylic acids is 1. The first kappa shape index (κ1) is 17.4. The molecule has 2 N–H and O–H groups in total. The van der Waals surface area contributed by atoms with Gasteiger partial charge in [0, 0.05) is 12.1 Å². The molecule has 4 nitrogen and oxygen atoms in total. The molecule has 0 radical (unpaired) electrons. The normalized spacial score (nSPS) is 10.2. The van der Waals surface area contributed by atoms with Crippen LogP contribution in [-0.4, -0.2) is 25.6 Å². The van der Waals surface area contributed by atoms with Gasteiger partial charge in [-0.25, -0.2) is 0 Å². The molecule has 114 valence electrons. The Labute approximate surface area is 131 Å². The van der Waals surface area contributed by atoms with Gasteiger partial charge < -0.3 is 15.4 Å². The molecule has 0 saturated heterocycles. The lowest BCUT2D eigenvalue weighted by atomic mass is 10.2. The van der Waals surface area contributed by atoms with E-state index < -0.39 is 0 Å². The number of hydrogen-bond acceptors (Lipinski definition) is 3. The first-order chi connectivity index (χ1) is 10.0. The van der Waals surface area contributed by atoms with Crippen molar-refractivity contribution in [3.8, 4) is 18.1 Å². The minimum atomic E-state index is -0.269. The molecule has 1 amide bonds. The van der Waals surface area contributed by atoms with Gasteiger partial charge >= 0.3 is 0 Å². The molecule has 0 fully saturated rings. The van der Waals surface area contributed by atoms with Crippen LogP contribution in [0, 0.1) is 18.3 Å². The van der Waals surface area contributed by atoms with Crippen molar-refractivity contribution in [1.82, 2.24) is 10.6 Å². The van der Waals surface area contributed by atoms with Crippen molar-refractivity contribution in [2.75, 3.05) is 19.7 Å². The number of halogens is 1. The summed E-state index contributed by atoms with van der Waals surface area (Å²) >= 11 is 6.14. The van der Waals surface area contributed by atoms with E-state index in [0.29, 0.717) is 23.2 Å². The number of amides is 1. The van der Waals surface area contributed by atoms with Gasteiger partial charge in [0.25, 0.3) is 5.91 Å². The first-order valence-corrected chi connectivity index (χ1v) is 7.23. The van der Waals surface area contributed by atoms with Crippen LogP contribution in [-0.2, 0) is 11.3 Å². The Morgan fingerprint density at radius 2 is 2.24 bits per heavy atom. The molecule has 0 heterocycles. The standard InChI is InChI=1S/C16H21ClN2O2/c1-4-8-19-15(20)11-21-16-13(6-5-7-14(16)17)10-18-9-12(2)3/h1,5-7,12,18H,8-11H2,2-3H3,(H,19,20). The zero-order valence-corrected chi connectivity index (χ0v) is 13.2. The largest absolute Gasteiger partial charge is 0.482 e. The molecular formula is C16H21ClN2O2. The average molecular weight is 309 g/mol. The van der Waals surface area contributed by atoms with Crippen molar-refractivity contribution >= 4 is 17.5 Å². The van der Waals surface area contributed by atoms with Gasteiger partial charge in [0.05, 0.1) is 11.6 Å². The summed E-state index contributed by atoms with van der Waals surface area (Å²) in [6, 6.07) is 5.52. The molecule has 0 aliphatic rings.